The summed E-state index contributed by atoms with van der Waals surface area (Å²) >= 11 is 1.02. The van der Waals surface area contributed by atoms with Crippen molar-refractivity contribution in [3.05, 3.63) is 59.2 Å². The molecule has 1 N–H and O–H groups in total. The first-order valence-electron chi connectivity index (χ1n) is 10.8. The molecule has 0 bridgehead atoms. The van der Waals surface area contributed by atoms with E-state index in [9.17, 15) is 14.4 Å². The minimum atomic E-state index is -0.384. The summed E-state index contributed by atoms with van der Waals surface area (Å²) in [5.74, 6) is 1.12. The van der Waals surface area contributed by atoms with Crippen molar-refractivity contribution in [1.82, 2.24) is 10.2 Å². The molecule has 0 spiro atoms. The van der Waals surface area contributed by atoms with E-state index in [-0.39, 0.29) is 29.0 Å². The van der Waals surface area contributed by atoms with Gasteiger partial charge in [0.25, 0.3) is 11.1 Å². The molecule has 168 valence electrons. The van der Waals surface area contributed by atoms with Crippen molar-refractivity contribution in [2.75, 3.05) is 19.9 Å². The number of amides is 3. The van der Waals surface area contributed by atoms with E-state index in [1.807, 2.05) is 42.5 Å². The Morgan fingerprint density at radius 2 is 1.97 bits per heavy atom. The maximum Gasteiger partial charge on any atom is 0.286 e. The number of carbonyl (C=O) groups excluding carboxylic acids is 3. The average molecular weight is 455 g/mol. The molecule has 2 aliphatic heterocycles. The van der Waals surface area contributed by atoms with Gasteiger partial charge in [0.1, 0.15) is 18.1 Å². The van der Waals surface area contributed by atoms with E-state index < -0.39 is 0 Å². The van der Waals surface area contributed by atoms with E-state index in [4.69, 9.17) is 9.47 Å². The maximum atomic E-state index is 12.9. The lowest BCUT2D eigenvalue weighted by atomic mass is 10.0. The predicted molar refractivity (Wildman–Crippen MR) is 122 cm³/mol. The number of benzene rings is 2. The number of fused-ring (bicyclic) bond motifs is 1. The fourth-order valence-electron chi connectivity index (χ4n) is 3.76. The molecule has 2 aliphatic rings. The molecule has 0 radical (unpaired) electrons. The highest BCUT2D eigenvalue weighted by atomic mass is 32.2. The highest BCUT2D eigenvalue weighted by Gasteiger charge is 2.31. The number of thioether (sulfide) groups is 1. The van der Waals surface area contributed by atoms with Crippen molar-refractivity contribution in [2.45, 2.75) is 37.9 Å². The number of carbonyl (C=O) groups is 3. The number of nitrogens with one attached hydrogen (secondary N) is 1. The number of ether oxygens (including phenoxy) is 2. The van der Waals surface area contributed by atoms with Crippen LogP contribution in [0.1, 0.15) is 41.3 Å². The van der Waals surface area contributed by atoms with Crippen LogP contribution in [0.5, 0.6) is 11.5 Å². The first-order valence-corrected chi connectivity index (χ1v) is 11.7. The Labute approximate surface area is 191 Å². The quantitative estimate of drug-likeness (QED) is 0.621. The zero-order valence-electron chi connectivity index (χ0n) is 18.0. The van der Waals surface area contributed by atoms with Crippen molar-refractivity contribution >= 4 is 28.8 Å². The van der Waals surface area contributed by atoms with Gasteiger partial charge in [0, 0.05) is 0 Å². The SMILES string of the molecule is CCCCc1cccc2c1OCN(CCOc1ccc(CC3SC(=O)NC3=O)cc1)C2=O. The lowest BCUT2D eigenvalue weighted by Gasteiger charge is -2.30. The number of imide groups is 1. The highest BCUT2D eigenvalue weighted by Crippen LogP contribution is 2.30. The highest BCUT2D eigenvalue weighted by molar-refractivity contribution is 8.15. The predicted octanol–water partition coefficient (Wildman–Crippen LogP) is 3.79. The molecule has 32 heavy (non-hydrogen) atoms. The summed E-state index contributed by atoms with van der Waals surface area (Å²) in [5, 5.41) is 1.62. The van der Waals surface area contributed by atoms with Gasteiger partial charge in [-0.05, 0) is 48.6 Å². The van der Waals surface area contributed by atoms with Gasteiger partial charge in [0.15, 0.2) is 6.73 Å². The van der Waals surface area contributed by atoms with Gasteiger partial charge < -0.3 is 14.4 Å². The summed E-state index contributed by atoms with van der Waals surface area (Å²) in [7, 11) is 0. The van der Waals surface area contributed by atoms with Crippen LogP contribution >= 0.6 is 11.8 Å². The topological polar surface area (TPSA) is 84.9 Å². The van der Waals surface area contributed by atoms with E-state index in [2.05, 4.69) is 12.2 Å². The summed E-state index contributed by atoms with van der Waals surface area (Å²) in [6, 6.07) is 13.2. The molecule has 3 amide bonds. The molecule has 0 aromatic heterocycles. The van der Waals surface area contributed by atoms with Gasteiger partial charge in [0.2, 0.25) is 5.91 Å². The lowest BCUT2D eigenvalue weighted by Crippen LogP contribution is -2.41. The molecule has 4 rings (SSSR count). The van der Waals surface area contributed by atoms with Gasteiger partial charge in [0.05, 0.1) is 17.4 Å². The third kappa shape index (κ3) is 5.07. The third-order valence-electron chi connectivity index (χ3n) is 5.52. The molecule has 1 atom stereocenters. The third-order valence-corrected chi connectivity index (χ3v) is 6.50. The summed E-state index contributed by atoms with van der Waals surface area (Å²) in [6.45, 7) is 3.12. The van der Waals surface area contributed by atoms with E-state index in [1.54, 1.807) is 4.90 Å². The summed E-state index contributed by atoms with van der Waals surface area (Å²) in [4.78, 5) is 37.5. The smallest absolute Gasteiger partial charge is 0.286 e. The van der Waals surface area contributed by atoms with Crippen LogP contribution in [0.4, 0.5) is 4.79 Å². The molecule has 1 saturated heterocycles. The summed E-state index contributed by atoms with van der Waals surface area (Å²) in [6.07, 6.45) is 3.56. The Bertz CT molecular complexity index is 1010. The number of rotatable bonds is 9. The Balaban J connectivity index is 1.28. The molecule has 1 fully saturated rings. The Morgan fingerprint density at radius 1 is 1.16 bits per heavy atom. The van der Waals surface area contributed by atoms with Gasteiger partial charge in [-0.15, -0.1) is 0 Å². The first kappa shape index (κ1) is 22.2. The van der Waals surface area contributed by atoms with Crippen LogP contribution in [0.2, 0.25) is 0 Å². The van der Waals surface area contributed by atoms with Crippen molar-refractivity contribution < 1.29 is 23.9 Å². The average Bonchev–Trinajstić information content (AvgIpc) is 3.11. The van der Waals surface area contributed by atoms with E-state index >= 15 is 0 Å². The Kier molecular flexibility index (Phi) is 6.99. The number of unbranched alkanes of at least 4 members (excludes halogenated alkanes) is 1. The molecule has 8 heteroatoms. The van der Waals surface area contributed by atoms with Crippen molar-refractivity contribution in [3.8, 4) is 11.5 Å². The van der Waals surface area contributed by atoms with Crippen LogP contribution in [0, 0.1) is 0 Å². The van der Waals surface area contributed by atoms with Crippen molar-refractivity contribution in [2.24, 2.45) is 0 Å². The number of hydrogen-bond acceptors (Lipinski definition) is 6. The monoisotopic (exact) mass is 454 g/mol. The number of hydrogen-bond donors (Lipinski definition) is 1. The minimum Gasteiger partial charge on any atom is -0.492 e. The first-order chi connectivity index (χ1) is 15.5. The van der Waals surface area contributed by atoms with Crippen LogP contribution in [0.3, 0.4) is 0 Å². The normalized spacial score (nSPS) is 17.7. The van der Waals surface area contributed by atoms with Gasteiger partial charge >= 0.3 is 0 Å². The zero-order chi connectivity index (χ0) is 22.5. The second-order valence-corrected chi connectivity index (χ2v) is 8.99. The van der Waals surface area contributed by atoms with Crippen LogP contribution in [-0.4, -0.2) is 47.1 Å². The fraction of sp³-hybridized carbons (Fsp3) is 0.375. The number of aryl methyl sites for hydroxylation is 1. The Hall–Kier alpha value is -3.00. The zero-order valence-corrected chi connectivity index (χ0v) is 18.8. The molecular weight excluding hydrogens is 428 g/mol. The van der Waals surface area contributed by atoms with Gasteiger partial charge in [-0.3, -0.25) is 19.7 Å². The summed E-state index contributed by atoms with van der Waals surface area (Å²) in [5.41, 5.74) is 2.66. The molecule has 2 aromatic rings. The second kappa shape index (κ2) is 10.1. The molecule has 2 aromatic carbocycles. The molecule has 1 unspecified atom stereocenters. The van der Waals surface area contributed by atoms with Gasteiger partial charge in [-0.2, -0.15) is 0 Å². The number of nitrogens with zero attached hydrogens (tertiary/aromatic N) is 1. The van der Waals surface area contributed by atoms with Crippen LogP contribution in [0.15, 0.2) is 42.5 Å². The van der Waals surface area contributed by atoms with E-state index in [0.717, 1.165) is 47.9 Å². The largest absolute Gasteiger partial charge is 0.492 e. The van der Waals surface area contributed by atoms with Crippen LogP contribution in [0.25, 0.3) is 0 Å². The molecular formula is C24H26N2O5S. The molecule has 7 nitrogen and oxygen atoms in total. The standard InChI is InChI=1S/C24H26N2O5S/c1-2-3-5-17-6-4-7-19-21(17)31-15-26(23(19)28)12-13-30-18-10-8-16(9-11-18)14-20-22(27)25-24(29)32-20/h4,6-11,20H,2-3,5,12-15H2,1H3,(H,25,27,29). The van der Waals surface area contributed by atoms with E-state index in [1.165, 1.54) is 0 Å². The molecule has 2 heterocycles. The fourth-order valence-corrected chi connectivity index (χ4v) is 4.62. The van der Waals surface area contributed by atoms with Gasteiger partial charge in [-0.1, -0.05) is 49.4 Å². The van der Waals surface area contributed by atoms with E-state index in [0.29, 0.717) is 30.9 Å². The minimum absolute atomic E-state index is 0.0366. The molecule has 0 aliphatic carbocycles. The maximum absolute atomic E-state index is 12.9. The van der Waals surface area contributed by atoms with Crippen LogP contribution in [-0.2, 0) is 17.6 Å². The molecule has 0 saturated carbocycles. The number of para-hydroxylation sites is 1. The van der Waals surface area contributed by atoms with Crippen LogP contribution < -0.4 is 14.8 Å². The van der Waals surface area contributed by atoms with Gasteiger partial charge in [-0.25, -0.2) is 0 Å². The Morgan fingerprint density at radius 3 is 2.69 bits per heavy atom. The summed E-state index contributed by atoms with van der Waals surface area (Å²) < 4.78 is 11.7. The van der Waals surface area contributed by atoms with Crippen molar-refractivity contribution in [1.29, 1.82) is 0 Å². The van der Waals surface area contributed by atoms with Crippen molar-refractivity contribution in [3.63, 3.8) is 0 Å². The second-order valence-electron chi connectivity index (χ2n) is 7.82. The lowest BCUT2D eigenvalue weighted by molar-refractivity contribution is -0.118.